The third kappa shape index (κ3) is 3.01. The molecule has 0 saturated heterocycles. The molecule has 4 nitrogen and oxygen atoms in total. The van der Waals surface area contributed by atoms with Gasteiger partial charge in [0.15, 0.2) is 0 Å². The average Bonchev–Trinajstić information content (AvgIpc) is 2.28. The van der Waals surface area contributed by atoms with Crippen LogP contribution in [0.4, 0.5) is 0 Å². The van der Waals surface area contributed by atoms with Crippen molar-refractivity contribution in [2.24, 2.45) is 17.3 Å². The highest BCUT2D eigenvalue weighted by atomic mass is 16.5. The van der Waals surface area contributed by atoms with E-state index in [1.165, 1.54) is 19.3 Å². The lowest BCUT2D eigenvalue weighted by atomic mass is 9.51. The second-order valence-electron chi connectivity index (χ2n) is 6.89. The molecule has 0 bridgehead atoms. The van der Waals surface area contributed by atoms with Crippen LogP contribution in [0.3, 0.4) is 0 Å². The van der Waals surface area contributed by atoms with Crippen molar-refractivity contribution in [2.45, 2.75) is 65.0 Å². The first-order chi connectivity index (χ1) is 9.49. The van der Waals surface area contributed by atoms with Gasteiger partial charge in [-0.3, -0.25) is 4.79 Å². The zero-order valence-electron chi connectivity index (χ0n) is 13.0. The number of nitrogens with one attached hydrogen (secondary N) is 1. The Kier molecular flexibility index (Phi) is 5.08. The van der Waals surface area contributed by atoms with Crippen LogP contribution in [0.1, 0.15) is 52.9 Å². The maximum Gasteiger partial charge on any atom is 0.307 e. The lowest BCUT2D eigenvalue weighted by Gasteiger charge is -2.61. The first kappa shape index (κ1) is 15.8. The number of hydrogen-bond acceptors (Lipinski definition) is 3. The average molecular weight is 283 g/mol. The predicted molar refractivity (Wildman–Crippen MR) is 78.7 cm³/mol. The molecule has 2 aliphatic rings. The van der Waals surface area contributed by atoms with Gasteiger partial charge in [-0.2, -0.15) is 0 Å². The Bertz CT molecular complexity index is 339. The molecule has 0 aliphatic heterocycles. The van der Waals surface area contributed by atoms with Crippen molar-refractivity contribution in [1.29, 1.82) is 0 Å². The summed E-state index contributed by atoms with van der Waals surface area (Å²) in [5.41, 5.74) is 0.316. The zero-order chi connectivity index (χ0) is 14.8. The second-order valence-corrected chi connectivity index (χ2v) is 6.89. The fraction of sp³-hybridized carbons (Fsp3) is 0.938. The molecule has 4 heteroatoms. The molecule has 2 rings (SSSR count). The summed E-state index contributed by atoms with van der Waals surface area (Å²) in [7, 11) is 0. The summed E-state index contributed by atoms with van der Waals surface area (Å²) >= 11 is 0. The lowest BCUT2D eigenvalue weighted by Crippen LogP contribution is -2.67. The Morgan fingerprint density at radius 2 is 2.15 bits per heavy atom. The normalized spacial score (nSPS) is 29.0. The van der Waals surface area contributed by atoms with Crippen LogP contribution in [-0.2, 0) is 9.53 Å². The molecular formula is C16H29NO3. The molecule has 0 aromatic rings. The van der Waals surface area contributed by atoms with E-state index in [1.807, 2.05) is 0 Å². The molecule has 3 unspecified atom stereocenters. The third-order valence-corrected chi connectivity index (χ3v) is 5.15. The number of rotatable bonds is 8. The van der Waals surface area contributed by atoms with Crippen LogP contribution in [0, 0.1) is 17.3 Å². The molecule has 0 heterocycles. The minimum absolute atomic E-state index is 0.265. The van der Waals surface area contributed by atoms with E-state index in [-0.39, 0.29) is 5.92 Å². The molecule has 0 aromatic heterocycles. The number of carboxylic acids is 1. The number of carbonyl (C=O) groups is 1. The first-order valence-electron chi connectivity index (χ1n) is 8.07. The van der Waals surface area contributed by atoms with Crippen LogP contribution < -0.4 is 5.32 Å². The van der Waals surface area contributed by atoms with E-state index in [2.05, 4.69) is 26.1 Å². The van der Waals surface area contributed by atoms with E-state index in [1.54, 1.807) is 0 Å². The van der Waals surface area contributed by atoms with Crippen LogP contribution in [0.15, 0.2) is 0 Å². The summed E-state index contributed by atoms with van der Waals surface area (Å²) in [6.07, 6.45) is 5.94. The van der Waals surface area contributed by atoms with Crippen LogP contribution in [0.25, 0.3) is 0 Å². The highest BCUT2D eigenvalue weighted by molar-refractivity contribution is 5.70. The highest BCUT2D eigenvalue weighted by Gasteiger charge is 2.58. The summed E-state index contributed by atoms with van der Waals surface area (Å²) < 4.78 is 5.83. The van der Waals surface area contributed by atoms with E-state index in [0.29, 0.717) is 30.0 Å². The largest absolute Gasteiger partial charge is 0.481 e. The van der Waals surface area contributed by atoms with Crippen LogP contribution in [-0.4, -0.2) is 36.4 Å². The van der Waals surface area contributed by atoms with Crippen molar-refractivity contribution in [3.8, 4) is 0 Å². The van der Waals surface area contributed by atoms with Gasteiger partial charge in [0, 0.05) is 24.6 Å². The zero-order valence-corrected chi connectivity index (χ0v) is 13.0. The van der Waals surface area contributed by atoms with Gasteiger partial charge in [-0.05, 0) is 38.5 Å². The van der Waals surface area contributed by atoms with E-state index in [9.17, 15) is 9.90 Å². The lowest BCUT2D eigenvalue weighted by molar-refractivity contribution is -0.173. The Morgan fingerprint density at radius 3 is 2.60 bits per heavy atom. The SMILES string of the molecule is CCOC1CC(NCC(CC(C)C)C(=O)O)C12CCC2. The molecule has 3 atom stereocenters. The van der Waals surface area contributed by atoms with Gasteiger partial charge < -0.3 is 15.2 Å². The third-order valence-electron chi connectivity index (χ3n) is 5.15. The van der Waals surface area contributed by atoms with Gasteiger partial charge >= 0.3 is 5.97 Å². The molecule has 116 valence electrons. The molecule has 1 spiro atoms. The standard InChI is InChI=1S/C16H29NO3/c1-4-20-14-9-13(16(14)6-5-7-16)17-10-12(15(18)19)8-11(2)3/h11-14,17H,4-10H2,1-3H3,(H,18,19). The van der Waals surface area contributed by atoms with Gasteiger partial charge in [-0.1, -0.05) is 20.3 Å². The van der Waals surface area contributed by atoms with Crippen LogP contribution >= 0.6 is 0 Å². The van der Waals surface area contributed by atoms with Crippen molar-refractivity contribution in [3.05, 3.63) is 0 Å². The molecular weight excluding hydrogens is 254 g/mol. The quantitative estimate of drug-likeness (QED) is 0.719. The summed E-state index contributed by atoms with van der Waals surface area (Å²) in [5.74, 6) is -0.513. The molecule has 0 aromatic carbocycles. The fourth-order valence-corrected chi connectivity index (χ4v) is 3.85. The molecule has 0 amide bonds. The van der Waals surface area contributed by atoms with Gasteiger partial charge in [0.1, 0.15) is 0 Å². The Labute approximate surface area is 122 Å². The van der Waals surface area contributed by atoms with Crippen LogP contribution in [0.2, 0.25) is 0 Å². The maximum atomic E-state index is 11.3. The van der Waals surface area contributed by atoms with Gasteiger partial charge in [-0.15, -0.1) is 0 Å². The first-order valence-corrected chi connectivity index (χ1v) is 8.07. The second kappa shape index (κ2) is 6.44. The van der Waals surface area contributed by atoms with Crippen LogP contribution in [0.5, 0.6) is 0 Å². The highest BCUT2D eigenvalue weighted by Crippen LogP contribution is 2.57. The smallest absolute Gasteiger partial charge is 0.307 e. The van der Waals surface area contributed by atoms with E-state index in [0.717, 1.165) is 19.4 Å². The fourth-order valence-electron chi connectivity index (χ4n) is 3.85. The van der Waals surface area contributed by atoms with Gasteiger partial charge in [0.25, 0.3) is 0 Å². The molecule has 20 heavy (non-hydrogen) atoms. The minimum atomic E-state index is -0.672. The summed E-state index contributed by atoms with van der Waals surface area (Å²) in [5, 5.41) is 12.8. The predicted octanol–water partition coefficient (Wildman–Crippen LogP) is 2.67. The molecule has 2 fully saturated rings. The van der Waals surface area contributed by atoms with Gasteiger partial charge in [0.05, 0.1) is 12.0 Å². The number of carboxylic acid groups (broad SMARTS) is 1. The van der Waals surface area contributed by atoms with E-state index >= 15 is 0 Å². The van der Waals surface area contributed by atoms with Gasteiger partial charge in [-0.25, -0.2) is 0 Å². The Balaban J connectivity index is 1.83. The van der Waals surface area contributed by atoms with E-state index < -0.39 is 5.97 Å². The summed E-state index contributed by atoms with van der Waals surface area (Å²) in [4.78, 5) is 11.3. The molecule has 2 N–H and O–H groups in total. The number of aliphatic carboxylic acids is 1. The topological polar surface area (TPSA) is 58.6 Å². The van der Waals surface area contributed by atoms with Crippen molar-refractivity contribution in [2.75, 3.05) is 13.2 Å². The monoisotopic (exact) mass is 283 g/mol. The Hall–Kier alpha value is -0.610. The van der Waals surface area contributed by atoms with Crippen molar-refractivity contribution in [3.63, 3.8) is 0 Å². The summed E-state index contributed by atoms with van der Waals surface area (Å²) in [6.45, 7) is 7.59. The van der Waals surface area contributed by atoms with E-state index in [4.69, 9.17) is 4.74 Å². The van der Waals surface area contributed by atoms with Crippen molar-refractivity contribution >= 4 is 5.97 Å². The van der Waals surface area contributed by atoms with Crippen molar-refractivity contribution in [1.82, 2.24) is 5.32 Å². The molecule has 2 saturated carbocycles. The van der Waals surface area contributed by atoms with Crippen molar-refractivity contribution < 1.29 is 14.6 Å². The summed E-state index contributed by atoms with van der Waals surface area (Å²) in [6, 6.07) is 0.460. The minimum Gasteiger partial charge on any atom is -0.481 e. The Morgan fingerprint density at radius 1 is 1.45 bits per heavy atom. The number of hydrogen-bond donors (Lipinski definition) is 2. The molecule has 0 radical (unpaired) electrons. The maximum absolute atomic E-state index is 11.3. The van der Waals surface area contributed by atoms with Gasteiger partial charge in [0.2, 0.25) is 0 Å². The number of ether oxygens (including phenoxy) is 1. The molecule has 2 aliphatic carbocycles.